The van der Waals surface area contributed by atoms with Crippen molar-refractivity contribution >= 4 is 75.1 Å². The molecule has 0 aliphatic carbocycles. The minimum Gasteiger partial charge on any atom is -0.493 e. The normalized spacial score (nSPS) is 14.8. The first-order valence-corrected chi connectivity index (χ1v) is 11.0. The van der Waals surface area contributed by atoms with E-state index in [0.717, 1.165) is 0 Å². The van der Waals surface area contributed by atoms with Gasteiger partial charge in [-0.1, -0.05) is 47.2 Å². The van der Waals surface area contributed by atoms with E-state index in [9.17, 15) is 9.59 Å². The molecule has 2 aromatic carbocycles. The lowest BCUT2D eigenvalue weighted by molar-refractivity contribution is -0.145. The van der Waals surface area contributed by atoms with Gasteiger partial charge in [-0.2, -0.15) is 0 Å². The van der Waals surface area contributed by atoms with Gasteiger partial charge in [0.25, 0.3) is 5.91 Å². The van der Waals surface area contributed by atoms with Crippen LogP contribution < -0.4 is 14.4 Å². The highest BCUT2D eigenvalue weighted by molar-refractivity contribution is 8.27. The number of nitrogens with zero attached hydrogens (tertiary/aromatic N) is 1. The van der Waals surface area contributed by atoms with Gasteiger partial charge in [-0.05, 0) is 55.0 Å². The fourth-order valence-corrected chi connectivity index (χ4v) is 4.43. The molecule has 1 fully saturated rings. The Morgan fingerprint density at radius 1 is 1.23 bits per heavy atom. The number of hydrogen-bond donors (Lipinski definition) is 0. The maximum atomic E-state index is 12.9. The molecule has 0 spiro atoms. The first-order valence-electron chi connectivity index (χ1n) is 9.03. The number of rotatable bonds is 7. The molecule has 1 amide bonds. The van der Waals surface area contributed by atoms with Gasteiger partial charge < -0.3 is 14.2 Å². The van der Waals surface area contributed by atoms with Crippen LogP contribution in [0.15, 0.2) is 41.3 Å². The molecular formula is C21H17Cl2NO5S2. The Balaban J connectivity index is 1.85. The molecule has 10 heteroatoms. The predicted octanol–water partition coefficient (Wildman–Crippen LogP) is 5.35. The average Bonchev–Trinajstić information content (AvgIpc) is 3.00. The summed E-state index contributed by atoms with van der Waals surface area (Å²) in [6, 6.07) is 10.1. The first-order chi connectivity index (χ1) is 14.8. The SMILES string of the molecule is CCOC(=O)COc1c(Cl)cc(/C=C2/SC(=S)N(c3ccc(Cl)cc3)C2=O)cc1OC. The van der Waals surface area contributed by atoms with Crippen molar-refractivity contribution in [1.82, 2.24) is 0 Å². The summed E-state index contributed by atoms with van der Waals surface area (Å²) in [4.78, 5) is 26.4. The number of thiocarbonyl (C=S) groups is 1. The van der Waals surface area contributed by atoms with E-state index in [2.05, 4.69) is 0 Å². The van der Waals surface area contributed by atoms with Crippen molar-refractivity contribution in [3.8, 4) is 11.5 Å². The molecule has 162 valence electrons. The molecule has 31 heavy (non-hydrogen) atoms. The second-order valence-electron chi connectivity index (χ2n) is 6.12. The van der Waals surface area contributed by atoms with Gasteiger partial charge in [-0.15, -0.1) is 0 Å². The Bertz CT molecular complexity index is 1060. The molecule has 0 radical (unpaired) electrons. The van der Waals surface area contributed by atoms with E-state index in [1.807, 2.05) is 0 Å². The lowest BCUT2D eigenvalue weighted by Gasteiger charge is -2.14. The first kappa shape index (κ1) is 23.4. The highest BCUT2D eigenvalue weighted by Crippen LogP contribution is 2.40. The summed E-state index contributed by atoms with van der Waals surface area (Å²) < 4.78 is 16.0. The third-order valence-electron chi connectivity index (χ3n) is 4.07. The fraction of sp³-hybridized carbons (Fsp3) is 0.190. The van der Waals surface area contributed by atoms with Crippen molar-refractivity contribution in [1.29, 1.82) is 0 Å². The molecule has 3 rings (SSSR count). The van der Waals surface area contributed by atoms with E-state index in [0.29, 0.717) is 31.2 Å². The third-order valence-corrected chi connectivity index (χ3v) is 5.90. The van der Waals surface area contributed by atoms with Gasteiger partial charge in [-0.3, -0.25) is 9.69 Å². The topological polar surface area (TPSA) is 65.1 Å². The largest absolute Gasteiger partial charge is 0.493 e. The van der Waals surface area contributed by atoms with Crippen LogP contribution in [-0.2, 0) is 14.3 Å². The van der Waals surface area contributed by atoms with Crippen LogP contribution in [0.2, 0.25) is 10.0 Å². The minimum atomic E-state index is -0.518. The lowest BCUT2D eigenvalue weighted by atomic mass is 10.1. The monoisotopic (exact) mass is 497 g/mol. The molecular weight excluding hydrogens is 481 g/mol. The van der Waals surface area contributed by atoms with E-state index in [1.54, 1.807) is 49.4 Å². The van der Waals surface area contributed by atoms with E-state index in [4.69, 9.17) is 49.6 Å². The molecule has 0 saturated carbocycles. The van der Waals surface area contributed by atoms with E-state index in [-0.39, 0.29) is 29.9 Å². The number of halogens is 2. The molecule has 1 aliphatic rings. The Hall–Kier alpha value is -2.26. The van der Waals surface area contributed by atoms with Crippen molar-refractivity contribution in [2.45, 2.75) is 6.92 Å². The van der Waals surface area contributed by atoms with Gasteiger partial charge in [0.15, 0.2) is 22.4 Å². The van der Waals surface area contributed by atoms with Gasteiger partial charge in [-0.25, -0.2) is 4.79 Å². The van der Waals surface area contributed by atoms with Crippen molar-refractivity contribution in [2.75, 3.05) is 25.2 Å². The number of esters is 1. The summed E-state index contributed by atoms with van der Waals surface area (Å²) >= 11 is 18.8. The van der Waals surface area contributed by atoms with Crippen molar-refractivity contribution in [3.63, 3.8) is 0 Å². The molecule has 0 unspecified atom stereocenters. The predicted molar refractivity (Wildman–Crippen MR) is 127 cm³/mol. The minimum absolute atomic E-state index is 0.211. The second-order valence-corrected chi connectivity index (χ2v) is 8.64. The summed E-state index contributed by atoms with van der Waals surface area (Å²) in [6.07, 6.45) is 1.67. The summed E-state index contributed by atoms with van der Waals surface area (Å²) in [6.45, 7) is 1.65. The van der Waals surface area contributed by atoms with Crippen LogP contribution in [-0.4, -0.2) is 36.5 Å². The van der Waals surface area contributed by atoms with Crippen molar-refractivity contribution < 1.29 is 23.8 Å². The van der Waals surface area contributed by atoms with E-state index in [1.165, 1.54) is 23.8 Å². The highest BCUT2D eigenvalue weighted by atomic mass is 35.5. The van der Waals surface area contributed by atoms with Gasteiger partial charge in [0.05, 0.1) is 29.3 Å². The standard InChI is InChI=1S/C21H17Cl2NO5S2/c1-3-28-18(25)11-29-19-15(23)8-12(9-16(19)27-2)10-17-20(26)24(21(30)31-17)14-6-4-13(22)5-7-14/h4-10H,3,11H2,1-2H3/b17-10+. The maximum Gasteiger partial charge on any atom is 0.344 e. The summed E-state index contributed by atoms with van der Waals surface area (Å²) in [5, 5.41) is 0.791. The summed E-state index contributed by atoms with van der Waals surface area (Å²) in [5.41, 5.74) is 1.25. The van der Waals surface area contributed by atoms with Gasteiger partial charge >= 0.3 is 5.97 Å². The number of methoxy groups -OCH3 is 1. The smallest absolute Gasteiger partial charge is 0.344 e. The zero-order valence-corrected chi connectivity index (χ0v) is 19.7. The Morgan fingerprint density at radius 2 is 1.94 bits per heavy atom. The Kier molecular flexibility index (Phi) is 7.83. The zero-order valence-electron chi connectivity index (χ0n) is 16.5. The van der Waals surface area contributed by atoms with Gasteiger partial charge in [0.1, 0.15) is 0 Å². The van der Waals surface area contributed by atoms with E-state index >= 15 is 0 Å². The van der Waals surface area contributed by atoms with Crippen LogP contribution in [0, 0.1) is 0 Å². The number of hydrogen-bond acceptors (Lipinski definition) is 7. The number of anilines is 1. The third kappa shape index (κ3) is 5.51. The molecule has 0 bridgehead atoms. The summed E-state index contributed by atoms with van der Waals surface area (Å²) in [7, 11) is 1.45. The molecule has 0 aromatic heterocycles. The van der Waals surface area contributed by atoms with Crippen molar-refractivity contribution in [3.05, 3.63) is 56.9 Å². The van der Waals surface area contributed by atoms with E-state index < -0.39 is 5.97 Å². The maximum absolute atomic E-state index is 12.9. The molecule has 1 saturated heterocycles. The van der Waals surface area contributed by atoms with Crippen LogP contribution >= 0.6 is 47.2 Å². The number of carbonyl (C=O) groups excluding carboxylic acids is 2. The van der Waals surface area contributed by atoms with Gasteiger partial charge in [0, 0.05) is 5.02 Å². The molecule has 0 atom stereocenters. The number of amides is 1. The fourth-order valence-electron chi connectivity index (χ4n) is 2.73. The van der Waals surface area contributed by atoms with Crippen LogP contribution in [0.4, 0.5) is 5.69 Å². The molecule has 1 heterocycles. The molecule has 6 nitrogen and oxygen atoms in total. The summed E-state index contributed by atoms with van der Waals surface area (Å²) in [5.74, 6) is -0.245. The number of benzene rings is 2. The number of carbonyl (C=O) groups is 2. The second kappa shape index (κ2) is 10.4. The van der Waals surface area contributed by atoms with Crippen LogP contribution in [0.3, 0.4) is 0 Å². The molecule has 1 aliphatic heterocycles. The van der Waals surface area contributed by atoms with Crippen LogP contribution in [0.5, 0.6) is 11.5 Å². The zero-order chi connectivity index (χ0) is 22.5. The van der Waals surface area contributed by atoms with Crippen LogP contribution in [0.1, 0.15) is 12.5 Å². The van der Waals surface area contributed by atoms with Crippen LogP contribution in [0.25, 0.3) is 6.08 Å². The molecule has 2 aromatic rings. The number of thioether (sulfide) groups is 1. The number of ether oxygens (including phenoxy) is 3. The highest BCUT2D eigenvalue weighted by Gasteiger charge is 2.33. The quantitative estimate of drug-likeness (QED) is 0.290. The average molecular weight is 498 g/mol. The Labute approximate surface area is 199 Å². The molecule has 0 N–H and O–H groups in total. The van der Waals surface area contributed by atoms with Crippen molar-refractivity contribution in [2.24, 2.45) is 0 Å². The Morgan fingerprint density at radius 3 is 2.58 bits per heavy atom. The van der Waals surface area contributed by atoms with Gasteiger partial charge in [0.2, 0.25) is 0 Å². The lowest BCUT2D eigenvalue weighted by Crippen LogP contribution is -2.27.